The number of hydrogen-bond acceptors (Lipinski definition) is 6. The van der Waals surface area contributed by atoms with Gasteiger partial charge in [-0.05, 0) is 43.7 Å². The van der Waals surface area contributed by atoms with E-state index in [2.05, 4.69) is 24.2 Å². The van der Waals surface area contributed by atoms with Crippen molar-refractivity contribution in [2.75, 3.05) is 17.7 Å². The molecular formula is C23H32N2O4S. The standard InChI is InChI=1S/C23H32N2O4S/c1-3-5-7-15(4-2)13-29-16-10-11-17(21(26)12-16)24-18-8-6-9-19-22(18)30-14-20(25-19)23(27)28/h10-12,15,20,24,26H,3-9,13-14H2,1-2H3,(H,27,28). The number of anilines is 1. The van der Waals surface area contributed by atoms with Crippen LogP contribution < -0.4 is 10.1 Å². The van der Waals surface area contributed by atoms with Crippen molar-refractivity contribution < 1.29 is 19.7 Å². The lowest BCUT2D eigenvalue weighted by molar-refractivity contribution is -0.137. The molecule has 6 nitrogen and oxygen atoms in total. The summed E-state index contributed by atoms with van der Waals surface area (Å²) in [5.41, 5.74) is 2.50. The Bertz CT molecular complexity index is 821. The number of unbranched alkanes of at least 4 members (excludes halogenated alkanes) is 1. The molecule has 1 aromatic rings. The Morgan fingerprint density at radius 1 is 1.37 bits per heavy atom. The summed E-state index contributed by atoms with van der Waals surface area (Å²) < 4.78 is 5.92. The Labute approximate surface area is 182 Å². The molecule has 1 aliphatic heterocycles. The lowest BCUT2D eigenvalue weighted by Crippen LogP contribution is -2.29. The van der Waals surface area contributed by atoms with Gasteiger partial charge in [0.15, 0.2) is 6.04 Å². The van der Waals surface area contributed by atoms with E-state index in [1.54, 1.807) is 6.07 Å². The molecule has 3 N–H and O–H groups in total. The molecule has 30 heavy (non-hydrogen) atoms. The number of nitrogens with zero attached hydrogens (tertiary/aromatic N) is 1. The number of benzene rings is 1. The van der Waals surface area contributed by atoms with Gasteiger partial charge < -0.3 is 20.3 Å². The lowest BCUT2D eigenvalue weighted by Gasteiger charge is -2.27. The number of carboxylic acid groups (broad SMARTS) is 1. The highest BCUT2D eigenvalue weighted by Crippen LogP contribution is 2.38. The van der Waals surface area contributed by atoms with Crippen molar-refractivity contribution in [1.82, 2.24) is 0 Å². The summed E-state index contributed by atoms with van der Waals surface area (Å²) >= 11 is 1.54. The van der Waals surface area contributed by atoms with Gasteiger partial charge in [-0.3, -0.25) is 4.99 Å². The van der Waals surface area contributed by atoms with Crippen LogP contribution in [0.4, 0.5) is 5.69 Å². The van der Waals surface area contributed by atoms with Gasteiger partial charge in [-0.2, -0.15) is 0 Å². The van der Waals surface area contributed by atoms with Gasteiger partial charge in [0, 0.05) is 22.4 Å². The minimum Gasteiger partial charge on any atom is -0.506 e. The number of phenolic OH excluding ortho intramolecular Hbond substituents is 1. The molecule has 0 radical (unpaired) electrons. The summed E-state index contributed by atoms with van der Waals surface area (Å²) in [5, 5.41) is 23.1. The lowest BCUT2D eigenvalue weighted by atomic mass is 10.0. The molecule has 2 aliphatic rings. The van der Waals surface area contributed by atoms with Crippen LogP contribution >= 0.6 is 11.8 Å². The Morgan fingerprint density at radius 3 is 2.90 bits per heavy atom. The maximum Gasteiger partial charge on any atom is 0.329 e. The molecule has 3 rings (SSSR count). The number of hydrogen-bond donors (Lipinski definition) is 3. The van der Waals surface area contributed by atoms with E-state index in [9.17, 15) is 15.0 Å². The SMILES string of the molecule is CCCCC(CC)COc1ccc(NC2=C3SCC(C(=O)O)N=C3CCC2)c(O)c1. The molecule has 0 amide bonds. The minimum atomic E-state index is -0.873. The van der Waals surface area contributed by atoms with Crippen LogP contribution in [-0.4, -0.2) is 40.3 Å². The highest BCUT2D eigenvalue weighted by atomic mass is 32.2. The number of rotatable bonds is 10. The number of aliphatic carboxylic acids is 1. The Balaban J connectivity index is 1.67. The predicted molar refractivity (Wildman–Crippen MR) is 123 cm³/mol. The molecule has 0 bridgehead atoms. The fraction of sp³-hybridized carbons (Fsp3) is 0.565. The fourth-order valence-electron chi connectivity index (χ4n) is 3.74. The first kappa shape index (κ1) is 22.5. The Hall–Kier alpha value is -2.15. The number of aliphatic imine (C=N–C) groups is 1. The van der Waals surface area contributed by atoms with Crippen molar-refractivity contribution in [2.24, 2.45) is 10.9 Å². The minimum absolute atomic E-state index is 0.149. The number of allylic oxidation sites excluding steroid dienone is 2. The van der Waals surface area contributed by atoms with Crippen LogP contribution in [0.2, 0.25) is 0 Å². The smallest absolute Gasteiger partial charge is 0.329 e. The summed E-state index contributed by atoms with van der Waals surface area (Å²) in [5.74, 6) is 0.926. The van der Waals surface area contributed by atoms with E-state index in [1.165, 1.54) is 31.0 Å². The molecule has 0 spiro atoms. The normalized spacial score (nSPS) is 19.7. The highest BCUT2D eigenvalue weighted by Gasteiger charge is 2.29. The largest absolute Gasteiger partial charge is 0.506 e. The molecule has 1 aliphatic carbocycles. The molecule has 0 saturated heterocycles. The van der Waals surface area contributed by atoms with Crippen LogP contribution in [0.1, 0.15) is 58.8 Å². The molecule has 7 heteroatoms. The molecule has 0 fully saturated rings. The summed E-state index contributed by atoms with van der Waals surface area (Å²) in [6, 6.07) is 4.71. The van der Waals surface area contributed by atoms with Crippen molar-refractivity contribution in [3.8, 4) is 11.5 Å². The average Bonchev–Trinajstić information content (AvgIpc) is 2.75. The molecule has 164 valence electrons. The highest BCUT2D eigenvalue weighted by molar-refractivity contribution is 8.04. The summed E-state index contributed by atoms with van der Waals surface area (Å²) in [4.78, 5) is 16.7. The second-order valence-electron chi connectivity index (χ2n) is 7.93. The monoisotopic (exact) mass is 432 g/mol. The van der Waals surface area contributed by atoms with Gasteiger partial charge in [-0.15, -0.1) is 11.8 Å². The summed E-state index contributed by atoms with van der Waals surface area (Å²) in [6.45, 7) is 5.05. The van der Waals surface area contributed by atoms with Crippen LogP contribution in [0, 0.1) is 5.92 Å². The second-order valence-corrected chi connectivity index (χ2v) is 8.96. The third-order valence-electron chi connectivity index (χ3n) is 5.64. The van der Waals surface area contributed by atoms with E-state index in [1.807, 2.05) is 12.1 Å². The van der Waals surface area contributed by atoms with E-state index in [0.29, 0.717) is 29.7 Å². The van der Waals surface area contributed by atoms with E-state index in [4.69, 9.17) is 4.74 Å². The van der Waals surface area contributed by atoms with Gasteiger partial charge >= 0.3 is 5.97 Å². The van der Waals surface area contributed by atoms with E-state index in [0.717, 1.165) is 42.0 Å². The Kier molecular flexibility index (Phi) is 8.08. The van der Waals surface area contributed by atoms with Crippen molar-refractivity contribution >= 4 is 29.1 Å². The van der Waals surface area contributed by atoms with Gasteiger partial charge in [0.25, 0.3) is 0 Å². The third-order valence-corrected chi connectivity index (χ3v) is 6.90. The number of fused-ring (bicyclic) bond motifs is 1. The zero-order chi connectivity index (χ0) is 21.5. The maximum atomic E-state index is 11.2. The zero-order valence-electron chi connectivity index (χ0n) is 17.8. The second kappa shape index (κ2) is 10.8. The van der Waals surface area contributed by atoms with Gasteiger partial charge in [0.1, 0.15) is 11.5 Å². The van der Waals surface area contributed by atoms with E-state index < -0.39 is 12.0 Å². The van der Waals surface area contributed by atoms with Gasteiger partial charge in [-0.1, -0.05) is 33.1 Å². The predicted octanol–water partition coefficient (Wildman–Crippen LogP) is 5.44. The molecule has 1 aromatic carbocycles. The van der Waals surface area contributed by atoms with Gasteiger partial charge in [0.05, 0.1) is 18.0 Å². The third kappa shape index (κ3) is 5.72. The van der Waals surface area contributed by atoms with Crippen LogP contribution in [0.25, 0.3) is 0 Å². The molecule has 0 saturated carbocycles. The number of ether oxygens (including phenoxy) is 1. The quantitative estimate of drug-likeness (QED) is 0.427. The van der Waals surface area contributed by atoms with E-state index >= 15 is 0 Å². The molecule has 0 aromatic heterocycles. The Morgan fingerprint density at radius 2 is 2.20 bits per heavy atom. The average molecular weight is 433 g/mol. The van der Waals surface area contributed by atoms with Gasteiger partial charge in [0.2, 0.25) is 0 Å². The first-order chi connectivity index (χ1) is 14.5. The first-order valence-electron chi connectivity index (χ1n) is 10.9. The van der Waals surface area contributed by atoms with Crippen molar-refractivity contribution in [3.63, 3.8) is 0 Å². The molecule has 1 heterocycles. The number of carbonyl (C=O) groups is 1. The summed E-state index contributed by atoms with van der Waals surface area (Å²) in [6.07, 6.45) is 7.22. The van der Waals surface area contributed by atoms with Gasteiger partial charge in [-0.25, -0.2) is 4.79 Å². The molecular weight excluding hydrogens is 400 g/mol. The summed E-state index contributed by atoms with van der Waals surface area (Å²) in [7, 11) is 0. The fourth-order valence-corrected chi connectivity index (χ4v) is 4.93. The number of phenols is 1. The van der Waals surface area contributed by atoms with Crippen molar-refractivity contribution in [3.05, 3.63) is 28.8 Å². The van der Waals surface area contributed by atoms with Crippen LogP contribution in [0.5, 0.6) is 11.5 Å². The number of aromatic hydroxyl groups is 1. The molecule has 2 atom stereocenters. The van der Waals surface area contributed by atoms with Crippen LogP contribution in [0.15, 0.2) is 33.8 Å². The number of thioether (sulfide) groups is 1. The first-order valence-corrected chi connectivity index (χ1v) is 11.9. The zero-order valence-corrected chi connectivity index (χ0v) is 18.6. The number of carboxylic acids is 1. The van der Waals surface area contributed by atoms with E-state index in [-0.39, 0.29) is 5.75 Å². The number of nitrogens with one attached hydrogen (secondary N) is 1. The molecule has 2 unspecified atom stereocenters. The topological polar surface area (TPSA) is 91.2 Å². The van der Waals surface area contributed by atoms with Crippen LogP contribution in [-0.2, 0) is 4.79 Å². The van der Waals surface area contributed by atoms with Crippen molar-refractivity contribution in [2.45, 2.75) is 64.8 Å². The van der Waals surface area contributed by atoms with Crippen LogP contribution in [0.3, 0.4) is 0 Å². The maximum absolute atomic E-state index is 11.2. The van der Waals surface area contributed by atoms with Crippen molar-refractivity contribution in [1.29, 1.82) is 0 Å².